The molecule has 0 saturated carbocycles. The van der Waals surface area contributed by atoms with Crippen LogP contribution in [0.15, 0.2) is 53.4 Å². The Bertz CT molecular complexity index is 1170. The lowest BCUT2D eigenvalue weighted by molar-refractivity contribution is -0.116. The summed E-state index contributed by atoms with van der Waals surface area (Å²) >= 11 is 0. The fourth-order valence-electron chi connectivity index (χ4n) is 2.68. The van der Waals surface area contributed by atoms with Gasteiger partial charge in [-0.25, -0.2) is 18.1 Å². The molecule has 156 valence electrons. The maximum Gasteiger partial charge on any atom is 0.240 e. The van der Waals surface area contributed by atoms with Gasteiger partial charge >= 0.3 is 0 Å². The predicted molar refractivity (Wildman–Crippen MR) is 111 cm³/mol. The van der Waals surface area contributed by atoms with Crippen LogP contribution < -0.4 is 10.0 Å². The molecule has 3 rings (SSSR count). The molecule has 0 aliphatic rings. The van der Waals surface area contributed by atoms with Crippen LogP contribution in [0.2, 0.25) is 0 Å². The monoisotopic (exact) mass is 427 g/mol. The summed E-state index contributed by atoms with van der Waals surface area (Å²) < 4.78 is 27.0. The average molecular weight is 427 g/mol. The zero-order valence-corrected chi connectivity index (χ0v) is 17.3. The molecule has 1 heterocycles. The summed E-state index contributed by atoms with van der Waals surface area (Å²) in [6, 6.07) is 12.7. The first-order valence-electron chi connectivity index (χ1n) is 9.14. The first-order chi connectivity index (χ1) is 14.2. The fourth-order valence-corrected chi connectivity index (χ4v) is 3.71. The van der Waals surface area contributed by atoms with E-state index in [1.54, 1.807) is 25.1 Å². The number of carbonyl (C=O) groups is 2. The van der Waals surface area contributed by atoms with Crippen LogP contribution in [0.4, 0.5) is 5.69 Å². The lowest BCUT2D eigenvalue weighted by atomic mass is 10.2. The molecule has 3 aromatic rings. The maximum absolute atomic E-state index is 12.3. The second kappa shape index (κ2) is 8.97. The van der Waals surface area contributed by atoms with Crippen molar-refractivity contribution in [3.05, 3.63) is 59.9 Å². The van der Waals surface area contributed by atoms with Gasteiger partial charge in [-0.1, -0.05) is 24.3 Å². The van der Waals surface area contributed by atoms with Crippen LogP contribution in [0.3, 0.4) is 0 Å². The van der Waals surface area contributed by atoms with Crippen molar-refractivity contribution in [3.8, 4) is 11.4 Å². The van der Waals surface area contributed by atoms with Gasteiger partial charge in [-0.15, -0.1) is 0 Å². The molecule has 0 fully saturated rings. The Balaban J connectivity index is 1.55. The summed E-state index contributed by atoms with van der Waals surface area (Å²) in [6.07, 6.45) is -0.0469. The molecule has 9 nitrogen and oxygen atoms in total. The Morgan fingerprint density at radius 2 is 1.83 bits per heavy atom. The quantitative estimate of drug-likeness (QED) is 0.472. The second-order valence-corrected chi connectivity index (χ2v) is 8.37. The number of aromatic amines is 1. The van der Waals surface area contributed by atoms with E-state index in [9.17, 15) is 18.0 Å². The lowest BCUT2D eigenvalue weighted by Gasteiger charge is -2.08. The van der Waals surface area contributed by atoms with Gasteiger partial charge in [-0.05, 0) is 38.1 Å². The van der Waals surface area contributed by atoms with Crippen LogP contribution in [0.25, 0.3) is 11.4 Å². The van der Waals surface area contributed by atoms with Gasteiger partial charge in [-0.3, -0.25) is 14.7 Å². The molecule has 1 amide bonds. The van der Waals surface area contributed by atoms with Crippen molar-refractivity contribution in [2.45, 2.75) is 25.2 Å². The van der Waals surface area contributed by atoms with Crippen LogP contribution >= 0.6 is 0 Å². The molecule has 0 unspecified atom stereocenters. The van der Waals surface area contributed by atoms with E-state index in [4.69, 9.17) is 0 Å². The first-order valence-corrected chi connectivity index (χ1v) is 10.6. The van der Waals surface area contributed by atoms with Crippen molar-refractivity contribution in [1.82, 2.24) is 19.9 Å². The molecule has 0 bridgehead atoms. The van der Waals surface area contributed by atoms with Gasteiger partial charge in [0.05, 0.1) is 4.90 Å². The summed E-state index contributed by atoms with van der Waals surface area (Å²) in [6.45, 7) is 3.13. The van der Waals surface area contributed by atoms with Gasteiger partial charge in [0.1, 0.15) is 5.82 Å². The van der Waals surface area contributed by atoms with Crippen molar-refractivity contribution >= 4 is 27.4 Å². The number of sulfonamides is 1. The fraction of sp³-hybridized carbons (Fsp3) is 0.200. The van der Waals surface area contributed by atoms with Crippen molar-refractivity contribution < 1.29 is 18.0 Å². The Labute approximate surface area is 174 Å². The van der Waals surface area contributed by atoms with Crippen LogP contribution in [0.1, 0.15) is 29.5 Å². The molecule has 3 N–H and O–H groups in total. The number of carbonyl (C=O) groups excluding carboxylic acids is 2. The minimum absolute atomic E-state index is 0.0300. The molecule has 2 aromatic carbocycles. The van der Waals surface area contributed by atoms with Crippen LogP contribution in [-0.4, -0.2) is 41.8 Å². The van der Waals surface area contributed by atoms with Gasteiger partial charge in [0.25, 0.3) is 0 Å². The third-order valence-corrected chi connectivity index (χ3v) is 5.69. The number of aromatic nitrogens is 3. The second-order valence-electron chi connectivity index (χ2n) is 6.60. The Kier molecular flexibility index (Phi) is 6.38. The van der Waals surface area contributed by atoms with E-state index in [0.29, 0.717) is 22.9 Å². The van der Waals surface area contributed by atoms with Gasteiger partial charge in [0.15, 0.2) is 11.6 Å². The SMILES string of the molecule is CC(=O)c1ccc(S(=O)(=O)NCCC(=O)Nc2cccc(-c3n[nH]c(C)n3)c2)cc1. The van der Waals surface area contributed by atoms with Gasteiger partial charge in [0, 0.05) is 29.8 Å². The molecular weight excluding hydrogens is 406 g/mol. The zero-order chi connectivity index (χ0) is 21.7. The summed E-state index contributed by atoms with van der Waals surface area (Å²) in [5.74, 6) is 0.716. The summed E-state index contributed by atoms with van der Waals surface area (Å²) in [4.78, 5) is 27.8. The molecule has 0 aliphatic carbocycles. The number of hydrogen-bond acceptors (Lipinski definition) is 6. The maximum atomic E-state index is 12.3. The molecule has 0 saturated heterocycles. The van der Waals surface area contributed by atoms with E-state index in [2.05, 4.69) is 25.2 Å². The van der Waals surface area contributed by atoms with Crippen LogP contribution in [0, 0.1) is 6.92 Å². The molecular formula is C20H21N5O4S. The highest BCUT2D eigenvalue weighted by Crippen LogP contribution is 2.19. The van der Waals surface area contributed by atoms with Crippen LogP contribution in [-0.2, 0) is 14.8 Å². The molecule has 0 radical (unpaired) electrons. The van der Waals surface area contributed by atoms with E-state index < -0.39 is 10.0 Å². The highest BCUT2D eigenvalue weighted by atomic mass is 32.2. The minimum Gasteiger partial charge on any atom is -0.326 e. The zero-order valence-electron chi connectivity index (χ0n) is 16.5. The van der Waals surface area contributed by atoms with Gasteiger partial charge < -0.3 is 5.32 Å². The normalized spacial score (nSPS) is 11.3. The van der Waals surface area contributed by atoms with Crippen LogP contribution in [0.5, 0.6) is 0 Å². The average Bonchev–Trinajstić information content (AvgIpc) is 3.14. The van der Waals surface area contributed by atoms with Gasteiger partial charge in [0.2, 0.25) is 15.9 Å². The number of H-pyrrole nitrogens is 1. The molecule has 0 atom stereocenters. The highest BCUT2D eigenvalue weighted by Gasteiger charge is 2.15. The number of nitrogens with one attached hydrogen (secondary N) is 3. The number of benzene rings is 2. The molecule has 1 aromatic heterocycles. The Morgan fingerprint density at radius 1 is 1.10 bits per heavy atom. The number of aryl methyl sites for hydroxylation is 1. The number of rotatable bonds is 8. The Morgan fingerprint density at radius 3 is 2.47 bits per heavy atom. The van der Waals surface area contributed by atoms with Crippen molar-refractivity contribution in [1.29, 1.82) is 0 Å². The van der Waals surface area contributed by atoms with Gasteiger partial charge in [-0.2, -0.15) is 5.10 Å². The lowest BCUT2D eigenvalue weighted by Crippen LogP contribution is -2.27. The third kappa shape index (κ3) is 5.37. The van der Waals surface area contributed by atoms with E-state index in [0.717, 1.165) is 5.56 Å². The topological polar surface area (TPSA) is 134 Å². The number of ketones is 1. The molecule has 10 heteroatoms. The predicted octanol–water partition coefficient (Wildman–Crippen LogP) is 2.29. The van der Waals surface area contributed by atoms with E-state index in [-0.39, 0.29) is 29.6 Å². The summed E-state index contributed by atoms with van der Waals surface area (Å²) in [5, 5.41) is 9.57. The third-order valence-electron chi connectivity index (χ3n) is 4.22. The Hall–Kier alpha value is -3.37. The van der Waals surface area contributed by atoms with E-state index in [1.807, 2.05) is 6.07 Å². The standard InChI is InChI=1S/C20H21N5O4S/c1-13(26)15-6-8-18(9-7-15)30(28,29)21-11-10-19(27)23-17-5-3-4-16(12-17)20-22-14(2)24-25-20/h3-9,12,21H,10-11H2,1-2H3,(H,23,27)(H,22,24,25). The van der Waals surface area contributed by atoms with Crippen molar-refractivity contribution in [2.75, 3.05) is 11.9 Å². The number of hydrogen-bond donors (Lipinski definition) is 3. The van der Waals surface area contributed by atoms with E-state index >= 15 is 0 Å². The minimum atomic E-state index is -3.77. The first kappa shape index (κ1) is 21.3. The smallest absolute Gasteiger partial charge is 0.240 e. The number of Topliss-reactive ketones (excluding diaryl/α,β-unsaturated/α-hetero) is 1. The number of nitrogens with zero attached hydrogens (tertiary/aromatic N) is 2. The molecule has 0 spiro atoms. The summed E-state index contributed by atoms with van der Waals surface area (Å²) in [5.41, 5.74) is 1.73. The molecule has 0 aliphatic heterocycles. The van der Waals surface area contributed by atoms with Crippen molar-refractivity contribution in [3.63, 3.8) is 0 Å². The van der Waals surface area contributed by atoms with Crippen molar-refractivity contribution in [2.24, 2.45) is 0 Å². The largest absolute Gasteiger partial charge is 0.326 e. The number of anilines is 1. The number of amides is 1. The summed E-state index contributed by atoms with van der Waals surface area (Å²) in [7, 11) is -3.77. The highest BCUT2D eigenvalue weighted by molar-refractivity contribution is 7.89. The van der Waals surface area contributed by atoms with E-state index in [1.165, 1.54) is 31.2 Å². The molecule has 30 heavy (non-hydrogen) atoms.